The van der Waals surface area contributed by atoms with Crippen LogP contribution in [0.4, 0.5) is 5.69 Å². The highest BCUT2D eigenvalue weighted by Crippen LogP contribution is 2.23. The van der Waals surface area contributed by atoms with E-state index in [2.05, 4.69) is 20.6 Å². The van der Waals surface area contributed by atoms with Gasteiger partial charge in [-0.25, -0.2) is 4.68 Å². The molecule has 3 aromatic rings. The normalized spacial score (nSPS) is 14.8. The molecule has 0 radical (unpaired) electrons. The minimum absolute atomic E-state index is 0.239. The van der Waals surface area contributed by atoms with Crippen molar-refractivity contribution in [2.45, 2.75) is 13.8 Å². The Hall–Kier alpha value is -3.54. The number of carbonyl (C=O) groups excluding carboxylic acids is 1. The number of nitrogens with zero attached hydrogens (tertiary/aromatic N) is 4. The van der Waals surface area contributed by atoms with Crippen molar-refractivity contribution >= 4 is 23.5 Å². The summed E-state index contributed by atoms with van der Waals surface area (Å²) in [7, 11) is 0. The average molecular weight is 343 g/mol. The highest BCUT2D eigenvalue weighted by atomic mass is 16.2. The molecule has 26 heavy (non-hydrogen) atoms. The van der Waals surface area contributed by atoms with Crippen molar-refractivity contribution in [1.29, 1.82) is 0 Å². The van der Waals surface area contributed by atoms with Crippen LogP contribution in [0.15, 0.2) is 64.8 Å². The van der Waals surface area contributed by atoms with Gasteiger partial charge in [0.2, 0.25) is 0 Å². The van der Waals surface area contributed by atoms with Crippen molar-refractivity contribution in [2.24, 2.45) is 10.2 Å². The smallest absolute Gasteiger partial charge is 0.276 e. The van der Waals surface area contributed by atoms with Crippen molar-refractivity contribution < 1.29 is 4.79 Å². The topological polar surface area (TPSA) is 71.6 Å². The number of nitrogens with one attached hydrogen (secondary N) is 1. The summed E-state index contributed by atoms with van der Waals surface area (Å²) in [5.41, 5.74) is 5.55. The lowest BCUT2D eigenvalue weighted by atomic mass is 10.1. The summed E-state index contributed by atoms with van der Waals surface area (Å²) in [6.07, 6.45) is 1.65. The maximum absolute atomic E-state index is 12.1. The van der Waals surface area contributed by atoms with Crippen molar-refractivity contribution in [3.63, 3.8) is 0 Å². The maximum Gasteiger partial charge on any atom is 0.276 e. The van der Waals surface area contributed by atoms with Gasteiger partial charge in [-0.3, -0.25) is 4.79 Å². The minimum Gasteiger partial charge on any atom is -0.320 e. The molecule has 4 rings (SSSR count). The molecule has 0 spiro atoms. The van der Waals surface area contributed by atoms with Gasteiger partial charge in [-0.2, -0.15) is 10.2 Å². The van der Waals surface area contributed by atoms with E-state index in [0.29, 0.717) is 5.71 Å². The molecule has 1 aliphatic heterocycles. The summed E-state index contributed by atoms with van der Waals surface area (Å²) in [6.45, 7) is 3.91. The molecule has 1 aliphatic rings. The molecule has 2 aromatic carbocycles. The molecule has 1 aromatic heterocycles. The highest BCUT2D eigenvalue weighted by Gasteiger charge is 2.25. The summed E-state index contributed by atoms with van der Waals surface area (Å²) in [6, 6.07) is 17.4. The lowest BCUT2D eigenvalue weighted by molar-refractivity contribution is -0.110. The third-order valence-electron chi connectivity index (χ3n) is 4.34. The van der Waals surface area contributed by atoms with Crippen molar-refractivity contribution in [2.75, 3.05) is 5.32 Å². The zero-order valence-corrected chi connectivity index (χ0v) is 14.5. The molecule has 1 amide bonds. The van der Waals surface area contributed by atoms with E-state index in [1.54, 1.807) is 6.21 Å². The fraction of sp³-hybridized carbons (Fsp3) is 0.100. The van der Waals surface area contributed by atoms with Crippen LogP contribution < -0.4 is 5.32 Å². The Morgan fingerprint density at radius 1 is 1.04 bits per heavy atom. The van der Waals surface area contributed by atoms with Gasteiger partial charge in [-0.1, -0.05) is 36.4 Å². The zero-order valence-electron chi connectivity index (χ0n) is 14.5. The summed E-state index contributed by atoms with van der Waals surface area (Å²) in [5, 5.41) is 15.7. The highest BCUT2D eigenvalue weighted by molar-refractivity contribution is 6.53. The molecule has 0 bridgehead atoms. The van der Waals surface area contributed by atoms with Crippen molar-refractivity contribution in [3.8, 4) is 5.69 Å². The average Bonchev–Trinajstić information content (AvgIpc) is 3.13. The van der Waals surface area contributed by atoms with Crippen LogP contribution in [0.1, 0.15) is 22.5 Å². The van der Waals surface area contributed by atoms with E-state index in [9.17, 15) is 4.79 Å². The molecule has 0 saturated carbocycles. The number of aryl methyl sites for hydroxylation is 1. The predicted molar refractivity (Wildman–Crippen MR) is 102 cm³/mol. The molecule has 128 valence electrons. The van der Waals surface area contributed by atoms with E-state index < -0.39 is 0 Å². The number of benzene rings is 2. The van der Waals surface area contributed by atoms with Crippen LogP contribution in [0.25, 0.3) is 5.69 Å². The second-order valence-electron chi connectivity index (χ2n) is 6.02. The van der Waals surface area contributed by atoms with Crippen molar-refractivity contribution in [1.82, 2.24) is 9.78 Å². The van der Waals surface area contributed by atoms with Crippen LogP contribution >= 0.6 is 0 Å². The van der Waals surface area contributed by atoms with Crippen LogP contribution in [0.2, 0.25) is 0 Å². The lowest BCUT2D eigenvalue weighted by Crippen LogP contribution is -2.13. The van der Waals surface area contributed by atoms with Crippen LogP contribution in [0.5, 0.6) is 0 Å². The number of carbonyl (C=O) groups is 1. The Bertz CT molecular complexity index is 1050. The third-order valence-corrected chi connectivity index (χ3v) is 4.34. The van der Waals surface area contributed by atoms with E-state index in [-0.39, 0.29) is 5.91 Å². The first-order valence-corrected chi connectivity index (χ1v) is 8.28. The summed E-state index contributed by atoms with van der Waals surface area (Å²) in [5.74, 6) is -0.239. The molecule has 0 fully saturated rings. The molecule has 0 unspecified atom stereocenters. The maximum atomic E-state index is 12.1. The molecule has 0 saturated heterocycles. The number of hydrogen-bond donors (Lipinski definition) is 1. The van der Waals surface area contributed by atoms with E-state index in [4.69, 9.17) is 0 Å². The van der Waals surface area contributed by atoms with Crippen LogP contribution in [-0.2, 0) is 4.79 Å². The fourth-order valence-corrected chi connectivity index (χ4v) is 3.01. The Balaban J connectivity index is 1.66. The second-order valence-corrected chi connectivity index (χ2v) is 6.02. The van der Waals surface area contributed by atoms with Crippen LogP contribution in [0.3, 0.4) is 0 Å². The quantitative estimate of drug-likeness (QED) is 0.586. The first-order valence-electron chi connectivity index (χ1n) is 8.28. The Kier molecular flexibility index (Phi) is 3.93. The Morgan fingerprint density at radius 3 is 2.58 bits per heavy atom. The third kappa shape index (κ3) is 2.71. The Morgan fingerprint density at radius 2 is 1.77 bits per heavy atom. The Labute approximate surface area is 150 Å². The van der Waals surface area contributed by atoms with Crippen LogP contribution in [0, 0.1) is 13.8 Å². The molecule has 0 atom stereocenters. The molecule has 6 heteroatoms. The summed E-state index contributed by atoms with van der Waals surface area (Å²) < 4.78 is 1.88. The first-order chi connectivity index (χ1) is 12.6. The number of fused-ring (bicyclic) bond motifs is 1. The van der Waals surface area contributed by atoms with Gasteiger partial charge in [0.05, 0.1) is 29.0 Å². The monoisotopic (exact) mass is 343 g/mol. The number of amides is 1. The molecule has 1 N–H and O–H groups in total. The standard InChI is InChI=1S/C20H17N5O/c1-13-17(14(2)25(24-13)15-8-4-3-5-9-15)12-21-23-19-16-10-6-7-11-18(16)22-20(19)26/h3-12H,1-2H3,(H,22,23,26)/b21-12+. The first kappa shape index (κ1) is 16.0. The largest absolute Gasteiger partial charge is 0.320 e. The number of para-hydroxylation sites is 2. The van der Waals surface area contributed by atoms with Gasteiger partial charge in [-0.05, 0) is 32.0 Å². The molecule has 0 aliphatic carbocycles. The summed E-state index contributed by atoms with van der Waals surface area (Å²) >= 11 is 0. The predicted octanol–water partition coefficient (Wildman–Crippen LogP) is 3.26. The van der Waals surface area contributed by atoms with Gasteiger partial charge in [-0.15, -0.1) is 5.10 Å². The number of rotatable bonds is 3. The fourth-order valence-electron chi connectivity index (χ4n) is 3.01. The van der Waals surface area contributed by atoms with E-state index >= 15 is 0 Å². The van der Waals surface area contributed by atoms with Crippen molar-refractivity contribution in [3.05, 3.63) is 77.1 Å². The molecule has 6 nitrogen and oxygen atoms in total. The van der Waals surface area contributed by atoms with Gasteiger partial charge in [0.15, 0.2) is 5.71 Å². The summed E-state index contributed by atoms with van der Waals surface area (Å²) in [4.78, 5) is 12.1. The van der Waals surface area contributed by atoms with E-state index in [0.717, 1.165) is 33.9 Å². The van der Waals surface area contributed by atoms with Gasteiger partial charge in [0.1, 0.15) is 0 Å². The molecule has 2 heterocycles. The van der Waals surface area contributed by atoms with Crippen LogP contribution in [-0.4, -0.2) is 27.6 Å². The number of aromatic nitrogens is 2. The van der Waals surface area contributed by atoms with Gasteiger partial charge < -0.3 is 5.32 Å². The van der Waals surface area contributed by atoms with E-state index in [1.165, 1.54) is 0 Å². The van der Waals surface area contributed by atoms with E-state index in [1.807, 2.05) is 73.1 Å². The van der Waals surface area contributed by atoms with Gasteiger partial charge >= 0.3 is 0 Å². The zero-order chi connectivity index (χ0) is 18.1. The number of hydrogen-bond acceptors (Lipinski definition) is 4. The van der Waals surface area contributed by atoms with Gasteiger partial charge in [0, 0.05) is 11.1 Å². The SMILES string of the molecule is Cc1nn(-c2ccccc2)c(C)c1/C=N/N=C1\C(=O)Nc2ccccc21. The molecular formula is C20H17N5O. The van der Waals surface area contributed by atoms with Gasteiger partial charge in [0.25, 0.3) is 5.91 Å². The lowest BCUT2D eigenvalue weighted by Gasteiger charge is -2.03. The second kappa shape index (κ2) is 6.40. The molecular weight excluding hydrogens is 326 g/mol. The number of anilines is 1. The minimum atomic E-state index is -0.239.